The third-order valence-corrected chi connectivity index (χ3v) is 4.23. The molecular weight excluding hydrogens is 318 g/mol. The zero-order valence-electron chi connectivity index (χ0n) is 9.06. The quantitative estimate of drug-likeness (QED) is 0.679. The van der Waals surface area contributed by atoms with Gasteiger partial charge in [0.1, 0.15) is 0 Å². The molecule has 3 heteroatoms. The number of likely N-dealkylation sites (N-methyl/N-ethyl adjacent to an activating group) is 1. The lowest BCUT2D eigenvalue weighted by Crippen LogP contribution is -2.21. The summed E-state index contributed by atoms with van der Waals surface area (Å²) in [4.78, 5) is 2.16. The van der Waals surface area contributed by atoms with E-state index in [4.69, 9.17) is 0 Å². The summed E-state index contributed by atoms with van der Waals surface area (Å²) in [6.45, 7) is 8.57. The molecule has 0 saturated heterocycles. The Morgan fingerprint density at radius 1 is 1.27 bits per heavy atom. The number of nitrogens with zero attached hydrogens (tertiary/aromatic N) is 1. The molecule has 0 unspecified atom stereocenters. The molecule has 1 aliphatic rings. The van der Waals surface area contributed by atoms with E-state index in [0.29, 0.717) is 0 Å². The third kappa shape index (κ3) is 1.48. The Balaban J connectivity index is 2.77. The second-order valence-electron chi connectivity index (χ2n) is 4.41. The maximum absolute atomic E-state index is 4.16. The average Bonchev–Trinajstić information content (AvgIpc) is 2.28. The second kappa shape index (κ2) is 3.36. The SMILES string of the molecule is C=C1N(C)c2c(Br)cc(Br)cc2C1(C)C. The number of anilines is 1. The Morgan fingerprint density at radius 3 is 2.47 bits per heavy atom. The highest BCUT2D eigenvalue weighted by Crippen LogP contribution is 2.50. The van der Waals surface area contributed by atoms with Crippen LogP contribution in [-0.4, -0.2) is 7.05 Å². The number of hydrogen-bond acceptors (Lipinski definition) is 1. The first kappa shape index (κ1) is 11.2. The highest BCUT2D eigenvalue weighted by molar-refractivity contribution is 9.11. The second-order valence-corrected chi connectivity index (χ2v) is 6.18. The van der Waals surface area contributed by atoms with Crippen molar-refractivity contribution < 1.29 is 0 Å². The summed E-state index contributed by atoms with van der Waals surface area (Å²) < 4.78 is 2.21. The summed E-state index contributed by atoms with van der Waals surface area (Å²) in [5.74, 6) is 0. The van der Waals surface area contributed by atoms with Crippen LogP contribution in [0, 0.1) is 0 Å². The smallest absolute Gasteiger partial charge is 0.0593 e. The van der Waals surface area contributed by atoms with Crippen LogP contribution in [-0.2, 0) is 5.41 Å². The molecule has 1 heterocycles. The van der Waals surface area contributed by atoms with E-state index in [9.17, 15) is 0 Å². The molecule has 80 valence electrons. The molecule has 15 heavy (non-hydrogen) atoms. The predicted octanol–water partition coefficient (Wildman–Crippen LogP) is 4.45. The van der Waals surface area contributed by atoms with Crippen LogP contribution in [0.1, 0.15) is 19.4 Å². The number of rotatable bonds is 0. The molecule has 0 fully saturated rings. The molecule has 1 nitrogen and oxygen atoms in total. The molecule has 0 N–H and O–H groups in total. The maximum atomic E-state index is 4.16. The van der Waals surface area contributed by atoms with E-state index in [2.05, 4.69) is 76.4 Å². The zero-order chi connectivity index (χ0) is 11.4. The number of hydrogen-bond donors (Lipinski definition) is 0. The van der Waals surface area contributed by atoms with Gasteiger partial charge in [0, 0.05) is 27.1 Å². The van der Waals surface area contributed by atoms with Crippen molar-refractivity contribution >= 4 is 37.5 Å². The van der Waals surface area contributed by atoms with Crippen molar-refractivity contribution in [3.63, 3.8) is 0 Å². The molecule has 0 bridgehead atoms. The van der Waals surface area contributed by atoms with E-state index in [-0.39, 0.29) is 5.41 Å². The largest absolute Gasteiger partial charge is 0.347 e. The summed E-state index contributed by atoms with van der Waals surface area (Å²) >= 11 is 7.13. The number of allylic oxidation sites excluding steroid dienone is 1. The first-order chi connectivity index (χ1) is 6.85. The van der Waals surface area contributed by atoms with Crippen molar-refractivity contribution in [2.24, 2.45) is 0 Å². The third-order valence-electron chi connectivity index (χ3n) is 3.16. The molecule has 1 aromatic carbocycles. The van der Waals surface area contributed by atoms with Crippen LogP contribution < -0.4 is 4.90 Å². The van der Waals surface area contributed by atoms with Crippen LogP contribution in [0.5, 0.6) is 0 Å². The van der Waals surface area contributed by atoms with Gasteiger partial charge >= 0.3 is 0 Å². The van der Waals surface area contributed by atoms with Gasteiger partial charge in [-0.2, -0.15) is 0 Å². The van der Waals surface area contributed by atoms with E-state index >= 15 is 0 Å². The minimum absolute atomic E-state index is 0.0103. The van der Waals surface area contributed by atoms with Gasteiger partial charge in [-0.3, -0.25) is 0 Å². The van der Waals surface area contributed by atoms with Gasteiger partial charge < -0.3 is 4.90 Å². The zero-order valence-corrected chi connectivity index (χ0v) is 12.2. The number of benzene rings is 1. The summed E-state index contributed by atoms with van der Waals surface area (Å²) in [5.41, 5.74) is 3.69. The Morgan fingerprint density at radius 2 is 1.87 bits per heavy atom. The van der Waals surface area contributed by atoms with Crippen LogP contribution in [0.25, 0.3) is 0 Å². The topological polar surface area (TPSA) is 3.24 Å². The van der Waals surface area contributed by atoms with Crippen molar-refractivity contribution in [2.75, 3.05) is 11.9 Å². The van der Waals surface area contributed by atoms with E-state index in [1.807, 2.05) is 0 Å². The number of fused-ring (bicyclic) bond motifs is 1. The van der Waals surface area contributed by atoms with E-state index in [1.165, 1.54) is 11.3 Å². The fourth-order valence-corrected chi connectivity index (χ4v) is 3.58. The van der Waals surface area contributed by atoms with Gasteiger partial charge in [-0.05, 0) is 33.6 Å². The highest BCUT2D eigenvalue weighted by atomic mass is 79.9. The van der Waals surface area contributed by atoms with Gasteiger partial charge in [0.05, 0.1) is 5.69 Å². The van der Waals surface area contributed by atoms with Gasteiger partial charge in [-0.25, -0.2) is 0 Å². The van der Waals surface area contributed by atoms with E-state index in [1.54, 1.807) is 0 Å². The van der Waals surface area contributed by atoms with E-state index in [0.717, 1.165) is 14.6 Å². The molecular formula is C12H13Br2N. The molecule has 0 spiro atoms. The lowest BCUT2D eigenvalue weighted by Gasteiger charge is -2.22. The molecule has 1 aliphatic heterocycles. The fourth-order valence-electron chi connectivity index (χ4n) is 2.09. The van der Waals surface area contributed by atoms with Gasteiger partial charge in [0.2, 0.25) is 0 Å². The first-order valence-corrected chi connectivity index (χ1v) is 6.37. The fraction of sp³-hybridized carbons (Fsp3) is 0.333. The van der Waals surface area contributed by atoms with Gasteiger partial charge in [0.25, 0.3) is 0 Å². The van der Waals surface area contributed by atoms with Crippen molar-refractivity contribution in [3.05, 3.63) is 38.9 Å². The van der Waals surface area contributed by atoms with Crippen LogP contribution in [0.15, 0.2) is 33.4 Å². The molecule has 0 atom stereocenters. The Labute approximate surface area is 107 Å². The maximum Gasteiger partial charge on any atom is 0.0593 e. The molecule has 0 amide bonds. The van der Waals surface area contributed by atoms with Gasteiger partial charge in [-0.1, -0.05) is 36.4 Å². The molecule has 2 rings (SSSR count). The van der Waals surface area contributed by atoms with Crippen LogP contribution in [0.2, 0.25) is 0 Å². The summed E-state index contributed by atoms with van der Waals surface area (Å²) in [7, 11) is 2.06. The normalized spacial score (nSPS) is 18.2. The highest BCUT2D eigenvalue weighted by Gasteiger charge is 2.38. The van der Waals surface area contributed by atoms with Crippen molar-refractivity contribution in [3.8, 4) is 0 Å². The van der Waals surface area contributed by atoms with Gasteiger partial charge in [-0.15, -0.1) is 0 Å². The predicted molar refractivity (Wildman–Crippen MR) is 72.4 cm³/mol. The monoisotopic (exact) mass is 329 g/mol. The molecule has 0 radical (unpaired) electrons. The van der Waals surface area contributed by atoms with Crippen LogP contribution in [0.3, 0.4) is 0 Å². The average molecular weight is 331 g/mol. The van der Waals surface area contributed by atoms with Crippen molar-refractivity contribution in [1.82, 2.24) is 0 Å². The Kier molecular flexibility index (Phi) is 2.51. The van der Waals surface area contributed by atoms with E-state index < -0.39 is 0 Å². The molecule has 0 saturated carbocycles. The molecule has 0 aliphatic carbocycles. The lowest BCUT2D eigenvalue weighted by molar-refractivity contribution is 0.642. The van der Waals surface area contributed by atoms with Gasteiger partial charge in [0.15, 0.2) is 0 Å². The number of halogens is 2. The van der Waals surface area contributed by atoms with Crippen LogP contribution in [0.4, 0.5) is 5.69 Å². The minimum atomic E-state index is 0.0103. The minimum Gasteiger partial charge on any atom is -0.347 e. The Bertz CT molecular complexity index is 449. The van der Waals surface area contributed by atoms with Crippen LogP contribution >= 0.6 is 31.9 Å². The molecule has 0 aromatic heterocycles. The van der Waals surface area contributed by atoms with Crippen molar-refractivity contribution in [2.45, 2.75) is 19.3 Å². The summed E-state index contributed by atoms with van der Waals surface area (Å²) in [5, 5.41) is 0. The summed E-state index contributed by atoms with van der Waals surface area (Å²) in [6, 6.07) is 4.25. The molecule has 1 aromatic rings. The first-order valence-electron chi connectivity index (χ1n) is 4.78. The van der Waals surface area contributed by atoms with Crippen molar-refractivity contribution in [1.29, 1.82) is 0 Å². The standard InChI is InChI=1S/C12H13Br2N/c1-7-12(2,3)9-5-8(13)6-10(14)11(9)15(7)4/h5-6H,1H2,2-4H3. The Hall–Kier alpha value is -0.280. The summed E-state index contributed by atoms with van der Waals surface area (Å²) in [6.07, 6.45) is 0. The lowest BCUT2D eigenvalue weighted by atomic mass is 9.85.